The molecule has 6 heteroatoms. The van der Waals surface area contributed by atoms with E-state index in [0.717, 1.165) is 16.1 Å². The van der Waals surface area contributed by atoms with Gasteiger partial charge in [0, 0.05) is 4.47 Å². The van der Waals surface area contributed by atoms with Gasteiger partial charge in [-0.3, -0.25) is 0 Å². The molecule has 0 aromatic heterocycles. The Balaban J connectivity index is 2.39. The van der Waals surface area contributed by atoms with Crippen LogP contribution in [0.1, 0.15) is 11.1 Å². The summed E-state index contributed by atoms with van der Waals surface area (Å²) in [5.41, 5.74) is 5.48. The molecule has 0 saturated heterocycles. The summed E-state index contributed by atoms with van der Waals surface area (Å²) >= 11 is 3.32. The maximum atomic E-state index is 13.0. The summed E-state index contributed by atoms with van der Waals surface area (Å²) in [6.07, 6.45) is -3.94. The van der Waals surface area contributed by atoms with Crippen LogP contribution in [0.4, 0.5) is 13.2 Å². The lowest BCUT2D eigenvalue weighted by atomic mass is 10.1. The highest BCUT2D eigenvalue weighted by Gasteiger charge is 2.34. The van der Waals surface area contributed by atoms with Crippen LogP contribution in [0.3, 0.4) is 0 Å². The van der Waals surface area contributed by atoms with E-state index in [1.807, 2.05) is 0 Å². The minimum absolute atomic E-state index is 0.217. The van der Waals surface area contributed by atoms with Gasteiger partial charge in [-0.25, -0.2) is 0 Å². The normalized spacial score (nSPS) is 11.5. The van der Waals surface area contributed by atoms with Gasteiger partial charge in [-0.2, -0.15) is 13.2 Å². The third-order valence-corrected chi connectivity index (χ3v) is 3.34. The molecule has 0 unspecified atom stereocenters. The number of ether oxygens (including phenoxy) is 1. The lowest BCUT2D eigenvalue weighted by Crippen LogP contribution is -2.08. The maximum Gasteiger partial charge on any atom is 0.419 e. The first-order chi connectivity index (χ1) is 9.91. The topological polar surface area (TPSA) is 35.2 Å². The number of rotatable bonds is 4. The quantitative estimate of drug-likeness (QED) is 0.853. The fourth-order valence-corrected chi connectivity index (χ4v) is 2.32. The van der Waals surface area contributed by atoms with Crippen LogP contribution < -0.4 is 10.5 Å². The molecule has 0 aliphatic heterocycles. The van der Waals surface area contributed by atoms with E-state index in [0.29, 0.717) is 18.7 Å². The first-order valence-corrected chi connectivity index (χ1v) is 7.03. The number of benzene rings is 2. The van der Waals surface area contributed by atoms with Gasteiger partial charge in [-0.15, -0.1) is 0 Å². The molecule has 0 saturated carbocycles. The Hall–Kier alpha value is -1.53. The van der Waals surface area contributed by atoms with Crippen molar-refractivity contribution < 1.29 is 17.9 Å². The number of nitrogens with two attached hydrogens (primary N) is 1. The summed E-state index contributed by atoms with van der Waals surface area (Å²) in [5.74, 6) is 0.158. The molecule has 21 heavy (non-hydrogen) atoms. The highest BCUT2D eigenvalue weighted by Crippen LogP contribution is 2.38. The van der Waals surface area contributed by atoms with Gasteiger partial charge in [0.15, 0.2) is 0 Å². The smallest absolute Gasteiger partial charge is 0.419 e. The minimum Gasteiger partial charge on any atom is -0.456 e. The van der Waals surface area contributed by atoms with Gasteiger partial charge in [0.05, 0.1) is 5.56 Å². The Bertz CT molecular complexity index is 629. The second kappa shape index (κ2) is 6.49. The Morgan fingerprint density at radius 3 is 2.43 bits per heavy atom. The number of hydrogen-bond acceptors (Lipinski definition) is 2. The molecule has 0 radical (unpaired) electrons. The predicted molar refractivity (Wildman–Crippen MR) is 78.4 cm³/mol. The standard InChI is InChI=1S/C15H13BrF3NO/c16-11-5-6-13(10(9-11)7-8-20)21-14-4-2-1-3-12(14)15(17,18)19/h1-6,9H,7-8,20H2. The fourth-order valence-electron chi connectivity index (χ4n) is 1.91. The second-order valence-corrected chi connectivity index (χ2v) is 5.30. The van der Waals surface area contributed by atoms with Crippen molar-refractivity contribution in [3.8, 4) is 11.5 Å². The highest BCUT2D eigenvalue weighted by molar-refractivity contribution is 9.10. The summed E-state index contributed by atoms with van der Waals surface area (Å²) in [6, 6.07) is 10.3. The van der Waals surface area contributed by atoms with Crippen molar-refractivity contribution >= 4 is 15.9 Å². The first-order valence-electron chi connectivity index (χ1n) is 6.24. The zero-order valence-corrected chi connectivity index (χ0v) is 12.5. The van der Waals surface area contributed by atoms with Crippen molar-refractivity contribution in [3.05, 3.63) is 58.1 Å². The van der Waals surface area contributed by atoms with E-state index in [-0.39, 0.29) is 5.75 Å². The molecule has 2 rings (SSSR count). The second-order valence-electron chi connectivity index (χ2n) is 4.39. The number of alkyl halides is 3. The Morgan fingerprint density at radius 2 is 1.76 bits per heavy atom. The summed E-state index contributed by atoms with van der Waals surface area (Å²) < 4.78 is 45.2. The van der Waals surface area contributed by atoms with Crippen LogP contribution >= 0.6 is 15.9 Å². The molecule has 0 spiro atoms. The van der Waals surface area contributed by atoms with E-state index >= 15 is 0 Å². The SMILES string of the molecule is NCCc1cc(Br)ccc1Oc1ccccc1C(F)(F)F. The highest BCUT2D eigenvalue weighted by atomic mass is 79.9. The molecule has 2 N–H and O–H groups in total. The summed E-state index contributed by atoms with van der Waals surface area (Å²) in [7, 11) is 0. The third kappa shape index (κ3) is 3.98. The van der Waals surface area contributed by atoms with Crippen LogP contribution in [0.15, 0.2) is 46.9 Å². The molecule has 112 valence electrons. The van der Waals surface area contributed by atoms with E-state index in [4.69, 9.17) is 10.5 Å². The molecule has 2 nitrogen and oxygen atoms in total. The molecule has 2 aromatic carbocycles. The summed E-state index contributed by atoms with van der Waals surface area (Å²) in [5, 5.41) is 0. The van der Waals surface area contributed by atoms with Crippen molar-refractivity contribution in [1.82, 2.24) is 0 Å². The first kappa shape index (κ1) is 15.9. The van der Waals surface area contributed by atoms with Crippen molar-refractivity contribution in [2.24, 2.45) is 5.73 Å². The predicted octanol–water partition coefficient (Wildman–Crippen LogP) is 4.76. The average molecular weight is 360 g/mol. The van der Waals surface area contributed by atoms with Crippen LogP contribution in [0.2, 0.25) is 0 Å². The van der Waals surface area contributed by atoms with Crippen molar-refractivity contribution in [1.29, 1.82) is 0 Å². The molecule has 0 amide bonds. The van der Waals surface area contributed by atoms with E-state index in [1.54, 1.807) is 18.2 Å². The monoisotopic (exact) mass is 359 g/mol. The lowest BCUT2D eigenvalue weighted by molar-refractivity contribution is -0.138. The van der Waals surface area contributed by atoms with Crippen LogP contribution in [-0.4, -0.2) is 6.54 Å². The summed E-state index contributed by atoms with van der Waals surface area (Å²) in [6.45, 7) is 0.383. The van der Waals surface area contributed by atoms with Gasteiger partial charge in [-0.05, 0) is 48.9 Å². The number of para-hydroxylation sites is 1. The molecule has 0 aliphatic carbocycles. The van der Waals surface area contributed by atoms with Crippen molar-refractivity contribution in [3.63, 3.8) is 0 Å². The molecule has 2 aromatic rings. The van der Waals surface area contributed by atoms with E-state index in [1.165, 1.54) is 18.2 Å². The number of halogens is 4. The van der Waals surface area contributed by atoms with Crippen molar-refractivity contribution in [2.75, 3.05) is 6.54 Å². The minimum atomic E-state index is -4.46. The molecule has 0 fully saturated rings. The molecule has 0 aliphatic rings. The van der Waals surface area contributed by atoms with Gasteiger partial charge < -0.3 is 10.5 Å². The summed E-state index contributed by atoms with van der Waals surface area (Å²) in [4.78, 5) is 0. The van der Waals surface area contributed by atoms with Gasteiger partial charge in [-0.1, -0.05) is 28.1 Å². The van der Waals surface area contributed by atoms with Gasteiger partial charge >= 0.3 is 6.18 Å². The zero-order valence-electron chi connectivity index (χ0n) is 11.0. The molecular formula is C15H13BrF3NO. The zero-order chi connectivity index (χ0) is 15.5. The Labute approximate surface area is 128 Å². The molecule has 0 heterocycles. The van der Waals surface area contributed by atoms with Gasteiger partial charge in [0.25, 0.3) is 0 Å². The Morgan fingerprint density at radius 1 is 1.05 bits per heavy atom. The third-order valence-electron chi connectivity index (χ3n) is 2.85. The van der Waals surface area contributed by atoms with E-state index < -0.39 is 11.7 Å². The Kier molecular flexibility index (Phi) is 4.90. The van der Waals surface area contributed by atoms with Crippen molar-refractivity contribution in [2.45, 2.75) is 12.6 Å². The van der Waals surface area contributed by atoms with Crippen LogP contribution in [0.25, 0.3) is 0 Å². The van der Waals surface area contributed by atoms with Crippen LogP contribution in [0, 0.1) is 0 Å². The van der Waals surface area contributed by atoms with E-state index in [9.17, 15) is 13.2 Å². The van der Waals surface area contributed by atoms with Crippen LogP contribution in [-0.2, 0) is 12.6 Å². The molecule has 0 atom stereocenters. The van der Waals surface area contributed by atoms with E-state index in [2.05, 4.69) is 15.9 Å². The van der Waals surface area contributed by atoms with Gasteiger partial charge in [0.1, 0.15) is 11.5 Å². The average Bonchev–Trinajstić information content (AvgIpc) is 2.41. The maximum absolute atomic E-state index is 13.0. The molecule has 0 bridgehead atoms. The molecular weight excluding hydrogens is 347 g/mol. The lowest BCUT2D eigenvalue weighted by Gasteiger charge is -2.15. The fraction of sp³-hybridized carbons (Fsp3) is 0.200. The number of hydrogen-bond donors (Lipinski definition) is 1. The van der Waals surface area contributed by atoms with Gasteiger partial charge in [0.2, 0.25) is 0 Å². The van der Waals surface area contributed by atoms with Crippen LogP contribution in [0.5, 0.6) is 11.5 Å². The largest absolute Gasteiger partial charge is 0.456 e.